The second-order valence-corrected chi connectivity index (χ2v) is 4.74. The van der Waals surface area contributed by atoms with Crippen molar-refractivity contribution in [2.75, 3.05) is 6.54 Å². The van der Waals surface area contributed by atoms with Crippen LogP contribution in [0.4, 0.5) is 4.39 Å². The zero-order valence-electron chi connectivity index (χ0n) is 12.1. The summed E-state index contributed by atoms with van der Waals surface area (Å²) in [5, 5.41) is 12.4. The van der Waals surface area contributed by atoms with Gasteiger partial charge in [-0.2, -0.15) is 5.26 Å². The minimum Gasteiger partial charge on any atom is -0.456 e. The maximum atomic E-state index is 13.5. The molecule has 0 aliphatic heterocycles. The van der Waals surface area contributed by atoms with E-state index < -0.39 is 0 Å². The smallest absolute Gasteiger partial charge is 0.145 e. The molecule has 1 N–H and O–H groups in total. The van der Waals surface area contributed by atoms with E-state index in [1.807, 2.05) is 13.0 Å². The van der Waals surface area contributed by atoms with Crippen LogP contribution in [-0.4, -0.2) is 6.54 Å². The summed E-state index contributed by atoms with van der Waals surface area (Å²) >= 11 is 0. The molecule has 108 valence electrons. The van der Waals surface area contributed by atoms with Crippen LogP contribution in [0.3, 0.4) is 0 Å². The van der Waals surface area contributed by atoms with Crippen molar-refractivity contribution in [3.63, 3.8) is 0 Å². The third kappa shape index (κ3) is 3.80. The standard InChI is InChI=1S/C17H17FN2O/c1-3-20-11-13-5-7-17(14(8-13)10-19)21-15-6-4-12(2)16(18)9-15/h4-9,20H,3,11H2,1-2H3. The van der Waals surface area contributed by atoms with E-state index in [9.17, 15) is 9.65 Å². The first-order chi connectivity index (χ1) is 10.1. The molecule has 0 radical (unpaired) electrons. The second-order valence-electron chi connectivity index (χ2n) is 4.74. The van der Waals surface area contributed by atoms with E-state index in [4.69, 9.17) is 4.74 Å². The summed E-state index contributed by atoms with van der Waals surface area (Å²) in [7, 11) is 0. The minimum absolute atomic E-state index is 0.324. The monoisotopic (exact) mass is 284 g/mol. The number of aryl methyl sites for hydroxylation is 1. The Labute approximate surface area is 124 Å². The molecule has 0 saturated carbocycles. The number of hydrogen-bond donors (Lipinski definition) is 1. The van der Waals surface area contributed by atoms with Crippen molar-refractivity contribution in [3.05, 3.63) is 58.9 Å². The third-order valence-corrected chi connectivity index (χ3v) is 3.11. The lowest BCUT2D eigenvalue weighted by Crippen LogP contribution is -2.11. The third-order valence-electron chi connectivity index (χ3n) is 3.11. The highest BCUT2D eigenvalue weighted by Crippen LogP contribution is 2.27. The maximum Gasteiger partial charge on any atom is 0.145 e. The first kappa shape index (κ1) is 15.0. The second kappa shape index (κ2) is 6.87. The predicted molar refractivity (Wildman–Crippen MR) is 79.7 cm³/mol. The summed E-state index contributed by atoms with van der Waals surface area (Å²) < 4.78 is 19.1. The van der Waals surface area contributed by atoms with Crippen molar-refractivity contribution in [2.45, 2.75) is 20.4 Å². The molecular weight excluding hydrogens is 267 g/mol. The molecule has 3 nitrogen and oxygen atoms in total. The number of ether oxygens (including phenoxy) is 1. The topological polar surface area (TPSA) is 45.0 Å². The average Bonchev–Trinajstić information content (AvgIpc) is 2.50. The molecule has 0 fully saturated rings. The molecule has 0 aromatic heterocycles. The molecule has 2 aromatic carbocycles. The summed E-state index contributed by atoms with van der Waals surface area (Å²) in [4.78, 5) is 0. The lowest BCUT2D eigenvalue weighted by Gasteiger charge is -2.10. The van der Waals surface area contributed by atoms with Crippen LogP contribution >= 0.6 is 0 Å². The van der Waals surface area contributed by atoms with Gasteiger partial charge in [0.05, 0.1) is 5.56 Å². The van der Waals surface area contributed by atoms with Gasteiger partial charge in [-0.25, -0.2) is 4.39 Å². The van der Waals surface area contributed by atoms with E-state index in [-0.39, 0.29) is 5.82 Å². The number of hydrogen-bond acceptors (Lipinski definition) is 3. The van der Waals surface area contributed by atoms with Gasteiger partial charge in [0.2, 0.25) is 0 Å². The molecular formula is C17H17FN2O. The molecule has 2 aromatic rings. The van der Waals surface area contributed by atoms with Gasteiger partial charge in [-0.3, -0.25) is 0 Å². The van der Waals surface area contributed by atoms with Gasteiger partial charge in [0, 0.05) is 12.6 Å². The fraction of sp³-hybridized carbons (Fsp3) is 0.235. The van der Waals surface area contributed by atoms with Crippen LogP contribution in [0.25, 0.3) is 0 Å². The summed E-state index contributed by atoms with van der Waals surface area (Å²) in [6, 6.07) is 12.2. The van der Waals surface area contributed by atoms with Crippen molar-refractivity contribution >= 4 is 0 Å². The van der Waals surface area contributed by atoms with Gasteiger partial charge in [-0.15, -0.1) is 0 Å². The summed E-state index contributed by atoms with van der Waals surface area (Å²) in [6.07, 6.45) is 0. The number of nitrogens with one attached hydrogen (secondary N) is 1. The number of rotatable bonds is 5. The van der Waals surface area contributed by atoms with Crippen LogP contribution in [-0.2, 0) is 6.54 Å². The average molecular weight is 284 g/mol. The molecule has 0 aliphatic rings. The van der Waals surface area contributed by atoms with Crippen LogP contribution in [0.15, 0.2) is 36.4 Å². The van der Waals surface area contributed by atoms with Gasteiger partial charge in [0.1, 0.15) is 23.4 Å². The van der Waals surface area contributed by atoms with Crippen molar-refractivity contribution < 1.29 is 9.13 Å². The predicted octanol–water partition coefficient (Wildman–Crippen LogP) is 3.91. The van der Waals surface area contributed by atoms with Gasteiger partial charge in [0.25, 0.3) is 0 Å². The van der Waals surface area contributed by atoms with Crippen LogP contribution < -0.4 is 10.1 Å². The van der Waals surface area contributed by atoms with Crippen molar-refractivity contribution in [1.29, 1.82) is 5.26 Å². The van der Waals surface area contributed by atoms with E-state index >= 15 is 0 Å². The summed E-state index contributed by atoms with van der Waals surface area (Å²) in [6.45, 7) is 5.28. The number of halogens is 1. The Morgan fingerprint density at radius 3 is 2.71 bits per heavy atom. The quantitative estimate of drug-likeness (QED) is 0.905. The summed E-state index contributed by atoms with van der Waals surface area (Å²) in [5.74, 6) is 0.491. The highest BCUT2D eigenvalue weighted by Gasteiger charge is 2.07. The van der Waals surface area contributed by atoms with Gasteiger partial charge in [-0.05, 0) is 42.8 Å². The first-order valence-electron chi connectivity index (χ1n) is 6.81. The molecule has 2 rings (SSSR count). The Morgan fingerprint density at radius 1 is 1.24 bits per heavy atom. The van der Waals surface area contributed by atoms with E-state index in [0.717, 1.165) is 12.1 Å². The van der Waals surface area contributed by atoms with Gasteiger partial charge < -0.3 is 10.1 Å². The van der Waals surface area contributed by atoms with Crippen molar-refractivity contribution in [3.8, 4) is 17.6 Å². The molecule has 0 unspecified atom stereocenters. The molecule has 4 heteroatoms. The van der Waals surface area contributed by atoms with E-state index in [0.29, 0.717) is 29.2 Å². The zero-order valence-corrected chi connectivity index (χ0v) is 12.1. The SMILES string of the molecule is CCNCc1ccc(Oc2ccc(C)c(F)c2)c(C#N)c1. The van der Waals surface area contributed by atoms with Gasteiger partial charge in [0.15, 0.2) is 0 Å². The van der Waals surface area contributed by atoms with E-state index in [1.165, 1.54) is 6.07 Å². The van der Waals surface area contributed by atoms with Crippen LogP contribution in [0.2, 0.25) is 0 Å². The largest absolute Gasteiger partial charge is 0.456 e. The Balaban J connectivity index is 2.23. The lowest BCUT2D eigenvalue weighted by atomic mass is 10.1. The Morgan fingerprint density at radius 2 is 2.05 bits per heavy atom. The molecule has 0 atom stereocenters. The van der Waals surface area contributed by atoms with E-state index in [1.54, 1.807) is 31.2 Å². The number of nitriles is 1. The molecule has 21 heavy (non-hydrogen) atoms. The van der Waals surface area contributed by atoms with Crippen molar-refractivity contribution in [2.24, 2.45) is 0 Å². The van der Waals surface area contributed by atoms with Crippen LogP contribution in [0.1, 0.15) is 23.6 Å². The number of nitrogens with zero attached hydrogens (tertiary/aromatic N) is 1. The Bertz CT molecular complexity index is 677. The summed E-state index contributed by atoms with van der Waals surface area (Å²) in [5.41, 5.74) is 2.01. The van der Waals surface area contributed by atoms with Crippen LogP contribution in [0, 0.1) is 24.1 Å². The molecule has 0 heterocycles. The molecule has 0 aliphatic carbocycles. The Hall–Kier alpha value is -2.38. The maximum absolute atomic E-state index is 13.5. The fourth-order valence-corrected chi connectivity index (χ4v) is 1.90. The van der Waals surface area contributed by atoms with E-state index in [2.05, 4.69) is 11.4 Å². The highest BCUT2D eigenvalue weighted by atomic mass is 19.1. The van der Waals surface area contributed by atoms with Crippen molar-refractivity contribution in [1.82, 2.24) is 5.32 Å². The molecule has 0 saturated heterocycles. The Kier molecular flexibility index (Phi) is 4.91. The highest BCUT2D eigenvalue weighted by molar-refractivity contribution is 5.47. The molecule has 0 bridgehead atoms. The van der Waals surface area contributed by atoms with Crippen LogP contribution in [0.5, 0.6) is 11.5 Å². The number of benzene rings is 2. The van der Waals surface area contributed by atoms with Gasteiger partial charge >= 0.3 is 0 Å². The molecule has 0 amide bonds. The fourth-order valence-electron chi connectivity index (χ4n) is 1.90. The zero-order chi connectivity index (χ0) is 15.2. The van der Waals surface area contributed by atoms with Gasteiger partial charge in [-0.1, -0.05) is 19.1 Å². The normalized spacial score (nSPS) is 10.2. The lowest BCUT2D eigenvalue weighted by molar-refractivity contribution is 0.474. The minimum atomic E-state index is -0.324. The molecule has 0 spiro atoms. The first-order valence-corrected chi connectivity index (χ1v) is 6.81.